The SMILES string of the molecule is CCS(=O)(=O)C1CSCCN1c1nc(C)c(C(C)NC)s1. The van der Waals surface area contributed by atoms with Crippen molar-refractivity contribution in [3.63, 3.8) is 0 Å². The fraction of sp³-hybridized carbons (Fsp3) is 0.769. The van der Waals surface area contributed by atoms with Crippen LogP contribution in [0.1, 0.15) is 30.5 Å². The Morgan fingerprint density at radius 1 is 1.52 bits per heavy atom. The van der Waals surface area contributed by atoms with Gasteiger partial charge in [0, 0.05) is 34.7 Å². The Kier molecular flexibility index (Phi) is 5.56. The van der Waals surface area contributed by atoms with Crippen LogP contribution in [0, 0.1) is 6.92 Å². The first-order valence-corrected chi connectivity index (χ1v) is 10.8. The maximum Gasteiger partial charge on any atom is 0.186 e. The van der Waals surface area contributed by atoms with E-state index in [0.29, 0.717) is 5.75 Å². The zero-order valence-electron chi connectivity index (χ0n) is 12.9. The van der Waals surface area contributed by atoms with E-state index in [1.165, 1.54) is 4.88 Å². The normalized spacial score (nSPS) is 21.5. The molecule has 0 aliphatic carbocycles. The van der Waals surface area contributed by atoms with Gasteiger partial charge >= 0.3 is 0 Å². The Morgan fingerprint density at radius 2 is 2.24 bits per heavy atom. The van der Waals surface area contributed by atoms with Gasteiger partial charge in [-0.3, -0.25) is 0 Å². The average molecular weight is 350 g/mol. The molecular weight excluding hydrogens is 326 g/mol. The highest BCUT2D eigenvalue weighted by atomic mass is 32.2. The molecule has 1 N–H and O–H groups in total. The summed E-state index contributed by atoms with van der Waals surface area (Å²) in [4.78, 5) is 7.80. The molecule has 0 spiro atoms. The Morgan fingerprint density at radius 3 is 2.86 bits per heavy atom. The van der Waals surface area contributed by atoms with E-state index in [1.54, 1.807) is 30.0 Å². The molecule has 1 aromatic rings. The van der Waals surface area contributed by atoms with Crippen LogP contribution >= 0.6 is 23.1 Å². The van der Waals surface area contributed by atoms with E-state index >= 15 is 0 Å². The summed E-state index contributed by atoms with van der Waals surface area (Å²) in [5.74, 6) is 1.76. The topological polar surface area (TPSA) is 62.3 Å². The molecule has 1 saturated heterocycles. The Bertz CT molecular complexity index is 585. The maximum atomic E-state index is 12.3. The third-order valence-corrected chi connectivity index (χ3v) is 8.46. The molecule has 21 heavy (non-hydrogen) atoms. The van der Waals surface area contributed by atoms with Crippen molar-refractivity contribution < 1.29 is 8.42 Å². The lowest BCUT2D eigenvalue weighted by atomic mass is 10.2. The number of nitrogens with one attached hydrogen (secondary N) is 1. The van der Waals surface area contributed by atoms with Crippen LogP contribution in [0.2, 0.25) is 0 Å². The first kappa shape index (κ1) is 17.1. The van der Waals surface area contributed by atoms with Gasteiger partial charge in [-0.15, -0.1) is 0 Å². The molecule has 2 rings (SSSR count). The molecule has 0 aromatic carbocycles. The van der Waals surface area contributed by atoms with Crippen molar-refractivity contribution in [2.24, 2.45) is 0 Å². The monoisotopic (exact) mass is 349 g/mol. The van der Waals surface area contributed by atoms with Gasteiger partial charge < -0.3 is 10.2 Å². The lowest BCUT2D eigenvalue weighted by molar-refractivity contribution is 0.579. The van der Waals surface area contributed by atoms with Crippen molar-refractivity contribution in [2.75, 3.05) is 35.8 Å². The summed E-state index contributed by atoms with van der Waals surface area (Å²) < 4.78 is 24.7. The number of thioether (sulfide) groups is 1. The van der Waals surface area contributed by atoms with Crippen molar-refractivity contribution in [3.8, 4) is 0 Å². The summed E-state index contributed by atoms with van der Waals surface area (Å²) in [5, 5.41) is 3.62. The largest absolute Gasteiger partial charge is 0.329 e. The first-order valence-electron chi connectivity index (χ1n) is 7.11. The number of nitrogens with zero attached hydrogens (tertiary/aromatic N) is 2. The number of anilines is 1. The van der Waals surface area contributed by atoms with E-state index in [0.717, 1.165) is 23.1 Å². The maximum absolute atomic E-state index is 12.3. The minimum atomic E-state index is -3.09. The van der Waals surface area contributed by atoms with Gasteiger partial charge in [0.2, 0.25) is 0 Å². The number of aromatic nitrogens is 1. The van der Waals surface area contributed by atoms with Gasteiger partial charge in [0.15, 0.2) is 15.0 Å². The predicted octanol–water partition coefficient (Wildman–Crippen LogP) is 2.05. The molecule has 0 amide bonds. The molecule has 0 radical (unpaired) electrons. The van der Waals surface area contributed by atoms with Crippen LogP contribution in [0.15, 0.2) is 0 Å². The van der Waals surface area contributed by atoms with Crippen molar-refractivity contribution in [2.45, 2.75) is 32.2 Å². The van der Waals surface area contributed by atoms with E-state index in [2.05, 4.69) is 17.2 Å². The van der Waals surface area contributed by atoms with Crippen molar-refractivity contribution in [1.82, 2.24) is 10.3 Å². The van der Waals surface area contributed by atoms with Gasteiger partial charge in [0.1, 0.15) is 5.37 Å². The second kappa shape index (κ2) is 6.85. The van der Waals surface area contributed by atoms with Crippen molar-refractivity contribution in [3.05, 3.63) is 10.6 Å². The van der Waals surface area contributed by atoms with Crippen LogP contribution in [-0.2, 0) is 9.84 Å². The summed E-state index contributed by atoms with van der Waals surface area (Å²) in [7, 11) is -1.17. The summed E-state index contributed by atoms with van der Waals surface area (Å²) in [6, 6.07) is 0.233. The number of aryl methyl sites for hydroxylation is 1. The molecule has 2 heterocycles. The third kappa shape index (κ3) is 3.55. The minimum Gasteiger partial charge on any atom is -0.329 e. The summed E-state index contributed by atoms with van der Waals surface area (Å²) in [6.45, 7) is 6.55. The highest BCUT2D eigenvalue weighted by molar-refractivity contribution is 8.01. The Labute approximate surface area is 135 Å². The van der Waals surface area contributed by atoms with Crippen LogP contribution in [-0.4, -0.2) is 49.6 Å². The van der Waals surface area contributed by atoms with Gasteiger partial charge in [-0.1, -0.05) is 18.3 Å². The van der Waals surface area contributed by atoms with Crippen LogP contribution in [0.5, 0.6) is 0 Å². The molecule has 1 fully saturated rings. The molecule has 2 atom stereocenters. The number of sulfone groups is 1. The fourth-order valence-electron chi connectivity index (χ4n) is 2.34. The zero-order valence-corrected chi connectivity index (χ0v) is 15.4. The van der Waals surface area contributed by atoms with Gasteiger partial charge in [-0.2, -0.15) is 11.8 Å². The summed E-state index contributed by atoms with van der Waals surface area (Å²) in [6.07, 6.45) is 0. The van der Waals surface area contributed by atoms with Gasteiger partial charge in [0.25, 0.3) is 0 Å². The summed E-state index contributed by atoms with van der Waals surface area (Å²) >= 11 is 3.32. The highest BCUT2D eigenvalue weighted by Crippen LogP contribution is 2.34. The molecule has 2 unspecified atom stereocenters. The molecule has 0 saturated carbocycles. The van der Waals surface area contributed by atoms with E-state index in [9.17, 15) is 8.42 Å². The first-order chi connectivity index (χ1) is 9.90. The van der Waals surface area contributed by atoms with Crippen LogP contribution in [0.3, 0.4) is 0 Å². The lowest BCUT2D eigenvalue weighted by Crippen LogP contribution is -2.48. The third-order valence-electron chi connectivity index (χ3n) is 3.79. The van der Waals surface area contributed by atoms with Gasteiger partial charge in [0.05, 0.1) is 5.69 Å². The second-order valence-corrected chi connectivity index (χ2v) is 9.74. The number of hydrogen-bond acceptors (Lipinski definition) is 7. The van der Waals surface area contributed by atoms with Crippen molar-refractivity contribution >= 4 is 38.1 Å². The molecule has 120 valence electrons. The fourth-order valence-corrected chi connectivity index (χ4v) is 6.58. The number of thiazole rings is 1. The highest BCUT2D eigenvalue weighted by Gasteiger charge is 2.34. The van der Waals surface area contributed by atoms with Crippen LogP contribution in [0.25, 0.3) is 0 Å². The van der Waals surface area contributed by atoms with Gasteiger partial charge in [-0.25, -0.2) is 13.4 Å². The minimum absolute atomic E-state index is 0.179. The zero-order chi connectivity index (χ0) is 15.6. The molecule has 1 aliphatic heterocycles. The van der Waals surface area contributed by atoms with Crippen LogP contribution < -0.4 is 10.2 Å². The number of hydrogen-bond donors (Lipinski definition) is 1. The molecule has 8 heteroatoms. The summed E-state index contributed by atoms with van der Waals surface area (Å²) in [5.41, 5.74) is 0.989. The number of rotatable bonds is 5. The standard InChI is InChI=1S/C13H23N3O2S3/c1-5-21(17,18)11-8-19-7-6-16(11)13-15-10(3)12(20-13)9(2)14-4/h9,11,14H,5-8H2,1-4H3. The van der Waals surface area contributed by atoms with Crippen molar-refractivity contribution in [1.29, 1.82) is 0 Å². The van der Waals surface area contributed by atoms with Crippen LogP contribution in [0.4, 0.5) is 5.13 Å². The molecule has 5 nitrogen and oxygen atoms in total. The Balaban J connectivity index is 2.34. The van der Waals surface area contributed by atoms with Gasteiger partial charge in [-0.05, 0) is 20.9 Å². The van der Waals surface area contributed by atoms with E-state index in [-0.39, 0.29) is 11.8 Å². The average Bonchev–Trinajstić information content (AvgIpc) is 2.88. The molecular formula is C13H23N3O2S3. The second-order valence-electron chi connectivity index (χ2n) is 5.13. The molecule has 1 aliphatic rings. The smallest absolute Gasteiger partial charge is 0.186 e. The van der Waals surface area contributed by atoms with E-state index in [4.69, 9.17) is 0 Å². The lowest BCUT2D eigenvalue weighted by Gasteiger charge is -2.34. The quantitative estimate of drug-likeness (QED) is 0.878. The Hall–Kier alpha value is -0.310. The molecule has 1 aromatic heterocycles. The van der Waals surface area contributed by atoms with E-state index < -0.39 is 15.2 Å². The molecule has 0 bridgehead atoms. The predicted molar refractivity (Wildman–Crippen MR) is 92.2 cm³/mol. The van der Waals surface area contributed by atoms with E-state index in [1.807, 2.05) is 18.9 Å².